The molecule has 26 heavy (non-hydrogen) atoms. The largest absolute Gasteiger partial charge is 0.465 e. The van der Waals surface area contributed by atoms with Crippen LogP contribution in [0.2, 0.25) is 0 Å². The standard InChI is InChI=1S/C18H14BrFN2O3S/c1-2-25-15(23)10-22-16-13(20)7-4-8-14(16)26-18(22)21-17(24)11-5-3-6-12(19)9-11/h3-9H,2,10H2,1H3. The van der Waals surface area contributed by atoms with E-state index in [1.165, 1.54) is 10.6 Å². The molecule has 3 rings (SSSR count). The van der Waals surface area contributed by atoms with E-state index >= 15 is 0 Å². The number of para-hydroxylation sites is 1. The fraction of sp³-hybridized carbons (Fsp3) is 0.167. The van der Waals surface area contributed by atoms with Gasteiger partial charge in [0.05, 0.1) is 16.8 Å². The summed E-state index contributed by atoms with van der Waals surface area (Å²) in [6, 6.07) is 11.4. The van der Waals surface area contributed by atoms with Crippen molar-refractivity contribution in [2.45, 2.75) is 13.5 Å². The van der Waals surface area contributed by atoms with Gasteiger partial charge in [-0.05, 0) is 37.3 Å². The third-order valence-corrected chi connectivity index (χ3v) is 5.05. The lowest BCUT2D eigenvalue weighted by atomic mass is 10.2. The van der Waals surface area contributed by atoms with Crippen LogP contribution in [0, 0.1) is 5.82 Å². The minimum Gasteiger partial charge on any atom is -0.465 e. The lowest BCUT2D eigenvalue weighted by Gasteiger charge is -2.05. The van der Waals surface area contributed by atoms with Crippen LogP contribution in [0.4, 0.5) is 4.39 Å². The van der Waals surface area contributed by atoms with Crippen LogP contribution >= 0.6 is 27.3 Å². The number of aromatic nitrogens is 1. The SMILES string of the molecule is CCOC(=O)Cn1c(=NC(=O)c2cccc(Br)c2)sc2cccc(F)c21. The van der Waals surface area contributed by atoms with E-state index in [0.717, 1.165) is 15.8 Å². The molecule has 0 aliphatic carbocycles. The zero-order valence-electron chi connectivity index (χ0n) is 13.7. The van der Waals surface area contributed by atoms with Gasteiger partial charge in [-0.1, -0.05) is 39.4 Å². The molecule has 0 saturated heterocycles. The smallest absolute Gasteiger partial charge is 0.326 e. The Bertz CT molecular complexity index is 1060. The Morgan fingerprint density at radius 3 is 2.77 bits per heavy atom. The summed E-state index contributed by atoms with van der Waals surface area (Å²) in [5.41, 5.74) is 0.617. The average Bonchev–Trinajstić information content (AvgIpc) is 2.93. The van der Waals surface area contributed by atoms with E-state index in [4.69, 9.17) is 4.74 Å². The Balaban J connectivity index is 2.13. The first kappa shape index (κ1) is 18.5. The molecule has 0 spiro atoms. The zero-order valence-corrected chi connectivity index (χ0v) is 16.1. The van der Waals surface area contributed by atoms with Crippen molar-refractivity contribution in [3.05, 3.63) is 63.1 Å². The molecule has 0 bridgehead atoms. The second-order valence-corrected chi connectivity index (χ2v) is 7.21. The summed E-state index contributed by atoms with van der Waals surface area (Å²) >= 11 is 4.45. The van der Waals surface area contributed by atoms with Crippen molar-refractivity contribution in [3.8, 4) is 0 Å². The second kappa shape index (κ2) is 7.92. The molecule has 2 aromatic carbocycles. The molecule has 0 atom stereocenters. The third kappa shape index (κ3) is 3.91. The summed E-state index contributed by atoms with van der Waals surface area (Å²) in [7, 11) is 0. The first-order valence-electron chi connectivity index (χ1n) is 7.77. The molecule has 134 valence electrons. The van der Waals surface area contributed by atoms with Gasteiger partial charge in [-0.3, -0.25) is 9.59 Å². The molecule has 1 amide bonds. The van der Waals surface area contributed by atoms with Crippen LogP contribution in [-0.4, -0.2) is 23.1 Å². The molecule has 1 aromatic heterocycles. The molecule has 0 unspecified atom stereocenters. The highest BCUT2D eigenvalue weighted by Gasteiger charge is 2.15. The predicted molar refractivity (Wildman–Crippen MR) is 100 cm³/mol. The van der Waals surface area contributed by atoms with E-state index in [2.05, 4.69) is 20.9 Å². The van der Waals surface area contributed by atoms with Gasteiger partial charge in [0.2, 0.25) is 0 Å². The Morgan fingerprint density at radius 2 is 2.04 bits per heavy atom. The summed E-state index contributed by atoms with van der Waals surface area (Å²) in [4.78, 5) is 28.8. The maximum absolute atomic E-state index is 14.3. The van der Waals surface area contributed by atoms with Crippen molar-refractivity contribution >= 4 is 49.4 Å². The average molecular weight is 437 g/mol. The van der Waals surface area contributed by atoms with Crippen LogP contribution in [0.15, 0.2) is 51.9 Å². The number of fused-ring (bicyclic) bond motifs is 1. The number of thiazole rings is 1. The van der Waals surface area contributed by atoms with E-state index in [0.29, 0.717) is 10.3 Å². The maximum Gasteiger partial charge on any atom is 0.326 e. The molecule has 0 saturated carbocycles. The minimum atomic E-state index is -0.521. The monoisotopic (exact) mass is 436 g/mol. The molecule has 0 N–H and O–H groups in total. The number of esters is 1. The molecule has 0 radical (unpaired) electrons. The minimum absolute atomic E-state index is 0.216. The summed E-state index contributed by atoms with van der Waals surface area (Å²) in [5, 5.41) is 0. The molecule has 0 aliphatic rings. The van der Waals surface area contributed by atoms with Gasteiger partial charge in [0, 0.05) is 10.0 Å². The van der Waals surface area contributed by atoms with Crippen molar-refractivity contribution in [1.82, 2.24) is 4.57 Å². The maximum atomic E-state index is 14.3. The number of ether oxygens (including phenoxy) is 1. The van der Waals surface area contributed by atoms with Gasteiger partial charge in [-0.25, -0.2) is 4.39 Å². The van der Waals surface area contributed by atoms with Crippen molar-refractivity contribution < 1.29 is 18.7 Å². The van der Waals surface area contributed by atoms with Gasteiger partial charge in [0.1, 0.15) is 12.4 Å². The molecule has 5 nitrogen and oxygen atoms in total. The van der Waals surface area contributed by atoms with Crippen molar-refractivity contribution in [2.75, 3.05) is 6.61 Å². The van der Waals surface area contributed by atoms with Gasteiger partial charge in [0.25, 0.3) is 5.91 Å². The van der Waals surface area contributed by atoms with Gasteiger partial charge in [-0.15, -0.1) is 0 Å². The second-order valence-electron chi connectivity index (χ2n) is 5.29. The quantitative estimate of drug-likeness (QED) is 0.582. The van der Waals surface area contributed by atoms with Crippen molar-refractivity contribution in [2.24, 2.45) is 4.99 Å². The fourth-order valence-corrected chi connectivity index (χ4v) is 3.87. The molecule has 0 fully saturated rings. The normalized spacial score (nSPS) is 11.7. The molecule has 3 aromatic rings. The van der Waals surface area contributed by atoms with Crippen LogP contribution in [0.5, 0.6) is 0 Å². The van der Waals surface area contributed by atoms with Gasteiger partial charge < -0.3 is 9.30 Å². The molecule has 0 aliphatic heterocycles. The van der Waals surface area contributed by atoms with E-state index < -0.39 is 17.7 Å². The van der Waals surface area contributed by atoms with Crippen LogP contribution < -0.4 is 4.80 Å². The molecular weight excluding hydrogens is 423 g/mol. The van der Waals surface area contributed by atoms with E-state index in [1.807, 2.05) is 0 Å². The highest BCUT2D eigenvalue weighted by Crippen LogP contribution is 2.21. The number of halogens is 2. The zero-order chi connectivity index (χ0) is 18.7. The number of nitrogens with zero attached hydrogens (tertiary/aromatic N) is 2. The van der Waals surface area contributed by atoms with Gasteiger partial charge in [-0.2, -0.15) is 4.99 Å². The predicted octanol–water partition coefficient (Wildman–Crippen LogP) is 3.91. The van der Waals surface area contributed by atoms with E-state index in [1.54, 1.807) is 43.3 Å². The Morgan fingerprint density at radius 1 is 1.27 bits per heavy atom. The summed E-state index contributed by atoms with van der Waals surface area (Å²) < 4.78 is 22.0. The van der Waals surface area contributed by atoms with Crippen LogP contribution in [0.1, 0.15) is 17.3 Å². The molecule has 8 heteroatoms. The highest BCUT2D eigenvalue weighted by atomic mass is 79.9. The first-order valence-corrected chi connectivity index (χ1v) is 9.38. The van der Waals surface area contributed by atoms with E-state index in [9.17, 15) is 14.0 Å². The third-order valence-electron chi connectivity index (χ3n) is 3.51. The Kier molecular flexibility index (Phi) is 5.63. The summed E-state index contributed by atoms with van der Waals surface area (Å²) in [6.45, 7) is 1.68. The number of carbonyl (C=O) groups is 2. The van der Waals surface area contributed by atoms with Crippen molar-refractivity contribution in [1.29, 1.82) is 0 Å². The van der Waals surface area contributed by atoms with E-state index in [-0.39, 0.29) is 23.5 Å². The van der Waals surface area contributed by atoms with Gasteiger partial charge >= 0.3 is 5.97 Å². The Hall–Kier alpha value is -2.32. The lowest BCUT2D eigenvalue weighted by Crippen LogP contribution is -2.23. The van der Waals surface area contributed by atoms with Gasteiger partial charge in [0.15, 0.2) is 4.80 Å². The number of rotatable bonds is 4. The van der Waals surface area contributed by atoms with Crippen LogP contribution in [0.3, 0.4) is 0 Å². The number of carbonyl (C=O) groups excluding carboxylic acids is 2. The topological polar surface area (TPSA) is 60.7 Å². The lowest BCUT2D eigenvalue weighted by molar-refractivity contribution is -0.143. The number of hydrogen-bond acceptors (Lipinski definition) is 4. The Labute approximate surface area is 160 Å². The molecule has 1 heterocycles. The number of amides is 1. The van der Waals surface area contributed by atoms with Crippen LogP contribution in [-0.2, 0) is 16.1 Å². The highest BCUT2D eigenvalue weighted by molar-refractivity contribution is 9.10. The summed E-state index contributed by atoms with van der Waals surface area (Å²) in [5.74, 6) is -1.48. The first-order chi connectivity index (χ1) is 12.5. The number of benzene rings is 2. The molecular formula is C18H14BrFN2O3S. The number of hydrogen-bond donors (Lipinski definition) is 0. The fourth-order valence-electron chi connectivity index (χ4n) is 2.43. The summed E-state index contributed by atoms with van der Waals surface area (Å²) in [6.07, 6.45) is 0. The van der Waals surface area contributed by atoms with Crippen LogP contribution in [0.25, 0.3) is 10.2 Å². The van der Waals surface area contributed by atoms with Crippen molar-refractivity contribution in [3.63, 3.8) is 0 Å².